The number of nitrogens with one attached hydrogen (secondary N) is 1. The van der Waals surface area contributed by atoms with Gasteiger partial charge in [0.1, 0.15) is 0 Å². The van der Waals surface area contributed by atoms with Crippen molar-refractivity contribution < 1.29 is 17.9 Å². The summed E-state index contributed by atoms with van der Waals surface area (Å²) >= 11 is 3.08. The first-order valence-electron chi connectivity index (χ1n) is 6.28. The summed E-state index contributed by atoms with van der Waals surface area (Å²) in [5.74, 6) is 0. The Kier molecular flexibility index (Phi) is 4.93. The van der Waals surface area contributed by atoms with Gasteiger partial charge in [-0.2, -0.15) is 13.2 Å². The molecule has 1 aliphatic heterocycles. The molecule has 1 N–H and O–H groups in total. The van der Waals surface area contributed by atoms with Crippen LogP contribution in [0.1, 0.15) is 5.56 Å². The van der Waals surface area contributed by atoms with Crippen LogP contribution in [0.5, 0.6) is 0 Å². The zero-order chi connectivity index (χ0) is 14.8. The maximum absolute atomic E-state index is 13.1. The maximum atomic E-state index is 13.1. The van der Waals surface area contributed by atoms with E-state index in [1.165, 1.54) is 6.07 Å². The second kappa shape index (κ2) is 6.32. The van der Waals surface area contributed by atoms with E-state index in [1.54, 1.807) is 18.0 Å². The first-order valence-corrected chi connectivity index (χ1v) is 7.07. The minimum Gasteiger partial charge on any atom is -0.374 e. The summed E-state index contributed by atoms with van der Waals surface area (Å²) in [6.45, 7) is 2.44. The van der Waals surface area contributed by atoms with E-state index in [0.29, 0.717) is 24.2 Å². The van der Waals surface area contributed by atoms with Crippen molar-refractivity contribution in [2.24, 2.45) is 0 Å². The Bertz CT molecular complexity index is 461. The van der Waals surface area contributed by atoms with Gasteiger partial charge in [0.05, 0.1) is 18.3 Å². The van der Waals surface area contributed by atoms with Gasteiger partial charge in [0.25, 0.3) is 0 Å². The quantitative estimate of drug-likeness (QED) is 0.905. The van der Waals surface area contributed by atoms with Crippen LogP contribution >= 0.6 is 15.9 Å². The highest BCUT2D eigenvalue weighted by atomic mass is 79.9. The fourth-order valence-corrected chi connectivity index (χ4v) is 2.57. The van der Waals surface area contributed by atoms with Gasteiger partial charge in [0, 0.05) is 36.8 Å². The summed E-state index contributed by atoms with van der Waals surface area (Å²) in [6, 6.07) is 4.19. The number of alkyl halides is 3. The van der Waals surface area contributed by atoms with E-state index in [9.17, 15) is 13.2 Å². The number of anilines is 1. The van der Waals surface area contributed by atoms with Gasteiger partial charge in [-0.05, 0) is 18.2 Å². The fourth-order valence-electron chi connectivity index (χ4n) is 2.21. The maximum Gasteiger partial charge on any atom is 0.418 e. The molecule has 1 aliphatic rings. The first-order chi connectivity index (χ1) is 9.38. The molecule has 7 heteroatoms. The molecule has 0 bridgehead atoms. The molecule has 1 aromatic carbocycles. The molecule has 1 heterocycles. The molecular weight excluding hydrogens is 337 g/mol. The van der Waals surface area contributed by atoms with Gasteiger partial charge >= 0.3 is 6.18 Å². The summed E-state index contributed by atoms with van der Waals surface area (Å²) in [6.07, 6.45) is -4.47. The number of hydrogen-bond acceptors (Lipinski definition) is 3. The Balaban J connectivity index is 2.18. The van der Waals surface area contributed by atoms with E-state index in [-0.39, 0.29) is 11.8 Å². The highest BCUT2D eigenvalue weighted by Gasteiger charge is 2.35. The molecule has 2 rings (SSSR count). The molecule has 0 radical (unpaired) electrons. The van der Waals surface area contributed by atoms with Crippen LogP contribution in [0, 0.1) is 0 Å². The largest absolute Gasteiger partial charge is 0.418 e. The second-order valence-electron chi connectivity index (χ2n) is 4.74. The summed E-state index contributed by atoms with van der Waals surface area (Å²) in [4.78, 5) is 1.59. The van der Waals surface area contributed by atoms with E-state index in [0.717, 1.165) is 12.6 Å². The molecule has 0 aliphatic carbocycles. The summed E-state index contributed by atoms with van der Waals surface area (Å²) in [7, 11) is 1.65. The van der Waals surface area contributed by atoms with E-state index in [2.05, 4.69) is 21.2 Å². The molecule has 20 heavy (non-hydrogen) atoms. The van der Waals surface area contributed by atoms with Crippen molar-refractivity contribution in [3.8, 4) is 0 Å². The lowest BCUT2D eigenvalue weighted by Crippen LogP contribution is -2.44. The predicted molar refractivity (Wildman–Crippen MR) is 75.0 cm³/mol. The van der Waals surface area contributed by atoms with Crippen LogP contribution in [0.4, 0.5) is 18.9 Å². The number of nitrogens with zero attached hydrogens (tertiary/aromatic N) is 1. The minimum absolute atomic E-state index is 0.0986. The average Bonchev–Trinajstić information content (AvgIpc) is 2.38. The molecule has 0 spiro atoms. The fraction of sp³-hybridized carbons (Fsp3) is 0.538. The molecule has 1 aromatic rings. The first kappa shape index (κ1) is 15.6. The van der Waals surface area contributed by atoms with Gasteiger partial charge in [-0.25, -0.2) is 0 Å². The Labute approximate surface area is 124 Å². The standard InChI is InChI=1S/C13H16BrF3N2O/c1-19(8-10-7-18-4-5-20-10)12-3-2-9(14)6-11(12)13(15,16)17/h2-3,6,10,18H,4-5,7-8H2,1H3. The smallest absolute Gasteiger partial charge is 0.374 e. The Hall–Kier alpha value is -0.790. The normalized spacial score (nSPS) is 19.9. The van der Waals surface area contributed by atoms with Crippen molar-refractivity contribution in [1.29, 1.82) is 0 Å². The number of rotatable bonds is 3. The third-order valence-corrected chi connectivity index (χ3v) is 3.65. The number of hydrogen-bond donors (Lipinski definition) is 1. The van der Waals surface area contributed by atoms with Crippen LogP contribution in [-0.2, 0) is 10.9 Å². The zero-order valence-corrected chi connectivity index (χ0v) is 12.6. The molecular formula is C13H16BrF3N2O. The van der Waals surface area contributed by atoms with Crippen LogP contribution in [0.25, 0.3) is 0 Å². The molecule has 0 saturated carbocycles. The molecule has 0 aromatic heterocycles. The molecule has 1 saturated heterocycles. The highest BCUT2D eigenvalue weighted by molar-refractivity contribution is 9.10. The third-order valence-electron chi connectivity index (χ3n) is 3.16. The predicted octanol–water partition coefficient (Wildman–Crippen LogP) is 2.89. The van der Waals surface area contributed by atoms with Crippen LogP contribution in [0.3, 0.4) is 0 Å². The number of ether oxygens (including phenoxy) is 1. The van der Waals surface area contributed by atoms with Crippen LogP contribution in [0.2, 0.25) is 0 Å². The van der Waals surface area contributed by atoms with Gasteiger partial charge in [-0.15, -0.1) is 0 Å². The molecule has 1 fully saturated rings. The van der Waals surface area contributed by atoms with Crippen LogP contribution < -0.4 is 10.2 Å². The summed E-state index contributed by atoms with van der Waals surface area (Å²) in [5.41, 5.74) is -0.479. The van der Waals surface area contributed by atoms with E-state index in [1.807, 2.05) is 0 Å². The lowest BCUT2D eigenvalue weighted by molar-refractivity contribution is -0.137. The number of likely N-dealkylation sites (N-methyl/N-ethyl adjacent to an activating group) is 1. The van der Waals surface area contributed by atoms with Crippen LogP contribution in [-0.4, -0.2) is 39.4 Å². The van der Waals surface area contributed by atoms with Gasteiger partial charge < -0.3 is 15.0 Å². The monoisotopic (exact) mass is 352 g/mol. The highest BCUT2D eigenvalue weighted by Crippen LogP contribution is 2.38. The van der Waals surface area contributed by atoms with E-state index < -0.39 is 11.7 Å². The number of halogens is 4. The second-order valence-corrected chi connectivity index (χ2v) is 5.65. The van der Waals surface area contributed by atoms with Crippen molar-refractivity contribution in [3.63, 3.8) is 0 Å². The molecule has 112 valence electrons. The SMILES string of the molecule is CN(CC1CNCCO1)c1ccc(Br)cc1C(F)(F)F. The molecule has 1 unspecified atom stereocenters. The van der Waals surface area contributed by atoms with Crippen molar-refractivity contribution in [1.82, 2.24) is 5.32 Å². The zero-order valence-electron chi connectivity index (χ0n) is 11.0. The topological polar surface area (TPSA) is 24.5 Å². The van der Waals surface area contributed by atoms with Crippen molar-refractivity contribution in [3.05, 3.63) is 28.2 Å². The van der Waals surface area contributed by atoms with Crippen molar-refractivity contribution >= 4 is 21.6 Å². The van der Waals surface area contributed by atoms with Gasteiger partial charge in [0.2, 0.25) is 0 Å². The third kappa shape index (κ3) is 3.86. The summed E-state index contributed by atoms with van der Waals surface area (Å²) < 4.78 is 45.2. The molecule has 3 nitrogen and oxygen atoms in total. The van der Waals surface area contributed by atoms with Crippen molar-refractivity contribution in [2.45, 2.75) is 12.3 Å². The minimum atomic E-state index is -4.38. The summed E-state index contributed by atoms with van der Waals surface area (Å²) in [5, 5.41) is 3.16. The lowest BCUT2D eigenvalue weighted by atomic mass is 10.1. The Morgan fingerprint density at radius 1 is 1.45 bits per heavy atom. The van der Waals surface area contributed by atoms with Gasteiger partial charge in [-0.1, -0.05) is 15.9 Å². The van der Waals surface area contributed by atoms with Crippen LogP contribution in [0.15, 0.2) is 22.7 Å². The van der Waals surface area contributed by atoms with E-state index >= 15 is 0 Å². The van der Waals surface area contributed by atoms with E-state index in [4.69, 9.17) is 4.74 Å². The van der Waals surface area contributed by atoms with Gasteiger partial charge in [0.15, 0.2) is 0 Å². The Morgan fingerprint density at radius 3 is 2.80 bits per heavy atom. The average molecular weight is 353 g/mol. The van der Waals surface area contributed by atoms with Gasteiger partial charge in [-0.3, -0.25) is 0 Å². The number of morpholine rings is 1. The lowest BCUT2D eigenvalue weighted by Gasteiger charge is -2.30. The molecule has 0 amide bonds. The number of benzene rings is 1. The Morgan fingerprint density at radius 2 is 2.20 bits per heavy atom. The van der Waals surface area contributed by atoms with Crippen molar-refractivity contribution in [2.75, 3.05) is 38.2 Å². The molecule has 1 atom stereocenters.